The van der Waals surface area contributed by atoms with Crippen LogP contribution < -0.4 is 5.11 Å². The first-order valence-electron chi connectivity index (χ1n) is 11.4. The summed E-state index contributed by atoms with van der Waals surface area (Å²) in [5.74, 6) is -3.68. The molecule has 0 aliphatic carbocycles. The summed E-state index contributed by atoms with van der Waals surface area (Å²) in [6.07, 6.45) is 10.2. The van der Waals surface area contributed by atoms with Crippen LogP contribution in [0.5, 0.6) is 0 Å². The van der Waals surface area contributed by atoms with Crippen LogP contribution >= 0.6 is 0 Å². The molecule has 0 spiro atoms. The van der Waals surface area contributed by atoms with Crippen LogP contribution in [0.1, 0.15) is 91.4 Å². The van der Waals surface area contributed by atoms with Crippen LogP contribution in [0.4, 0.5) is 0 Å². The second kappa shape index (κ2) is 15.0. The van der Waals surface area contributed by atoms with Gasteiger partial charge in [0.2, 0.25) is 0 Å². The number of carboxylic acid groups (broad SMARTS) is 3. The molecule has 0 radical (unpaired) electrons. The van der Waals surface area contributed by atoms with Crippen molar-refractivity contribution in [2.24, 2.45) is 0 Å². The van der Waals surface area contributed by atoms with Crippen LogP contribution in [-0.2, 0) is 14.4 Å². The third-order valence-electron chi connectivity index (χ3n) is 6.20. The van der Waals surface area contributed by atoms with Crippen molar-refractivity contribution in [3.05, 3.63) is 12.7 Å². The van der Waals surface area contributed by atoms with Gasteiger partial charge in [-0.05, 0) is 25.7 Å². The largest absolute Gasteiger partial charge is 0.544 e. The van der Waals surface area contributed by atoms with E-state index in [0.29, 0.717) is 6.42 Å². The Kier molecular flexibility index (Phi) is 14.0. The predicted molar refractivity (Wildman–Crippen MR) is 115 cm³/mol. The van der Waals surface area contributed by atoms with Gasteiger partial charge in [-0.2, -0.15) is 0 Å². The third kappa shape index (κ3) is 7.74. The Bertz CT molecular complexity index is 493. The molecule has 0 aromatic rings. The molecule has 7 nitrogen and oxygen atoms in total. The molecule has 0 amide bonds. The fourth-order valence-electron chi connectivity index (χ4n) is 4.82. The van der Waals surface area contributed by atoms with E-state index in [1.807, 2.05) is 6.08 Å². The summed E-state index contributed by atoms with van der Waals surface area (Å²) in [5.41, 5.74) is 0. The molecule has 0 aliphatic rings. The van der Waals surface area contributed by atoms with Crippen LogP contribution in [-0.4, -0.2) is 57.3 Å². The van der Waals surface area contributed by atoms with Crippen molar-refractivity contribution in [2.75, 3.05) is 6.54 Å². The normalized spacial score (nSPS) is 16.2. The maximum Gasteiger partial charge on any atom is 0.362 e. The average Bonchev–Trinajstić information content (AvgIpc) is 2.67. The summed E-state index contributed by atoms with van der Waals surface area (Å²) in [4.78, 5) is 36.2. The topological polar surface area (TPSA) is 115 Å². The Balaban J connectivity index is 5.58. The lowest BCUT2D eigenvalue weighted by molar-refractivity contribution is -0.974. The molecule has 0 saturated heterocycles. The molecule has 0 fully saturated rings. The van der Waals surface area contributed by atoms with Crippen molar-refractivity contribution in [3.8, 4) is 0 Å². The van der Waals surface area contributed by atoms with E-state index in [-0.39, 0.29) is 25.8 Å². The average molecular weight is 428 g/mol. The molecule has 0 aromatic heterocycles. The first-order valence-corrected chi connectivity index (χ1v) is 11.4. The molecular formula is C23H41NO6. The number of hydrogen-bond donors (Lipinski definition) is 2. The first-order chi connectivity index (χ1) is 14.2. The van der Waals surface area contributed by atoms with Crippen LogP contribution in [0.2, 0.25) is 0 Å². The van der Waals surface area contributed by atoms with Gasteiger partial charge in [0.05, 0.1) is 12.5 Å². The maximum absolute atomic E-state index is 12.1. The first kappa shape index (κ1) is 28.1. The minimum Gasteiger partial charge on any atom is -0.544 e. The number of aliphatic carboxylic acids is 3. The van der Waals surface area contributed by atoms with Crippen molar-refractivity contribution in [1.82, 2.24) is 0 Å². The van der Waals surface area contributed by atoms with Gasteiger partial charge in [-0.1, -0.05) is 52.5 Å². The van der Waals surface area contributed by atoms with Gasteiger partial charge in [0.15, 0.2) is 12.1 Å². The number of hydrogen-bond acceptors (Lipinski definition) is 4. The smallest absolute Gasteiger partial charge is 0.362 e. The lowest BCUT2D eigenvalue weighted by atomic mass is 9.93. The molecule has 3 unspecified atom stereocenters. The van der Waals surface area contributed by atoms with E-state index < -0.39 is 40.5 Å². The van der Waals surface area contributed by atoms with E-state index in [2.05, 4.69) is 6.58 Å². The van der Waals surface area contributed by atoms with E-state index in [4.69, 9.17) is 0 Å². The van der Waals surface area contributed by atoms with Crippen LogP contribution in [0, 0.1) is 0 Å². The minimum atomic E-state index is -1.38. The van der Waals surface area contributed by atoms with Gasteiger partial charge >= 0.3 is 11.9 Å². The summed E-state index contributed by atoms with van der Waals surface area (Å²) in [6, 6.07) is -3.38. The minimum absolute atomic E-state index is 0.124. The number of unbranched alkanes of at least 4 members (excludes halogenated alkanes) is 7. The highest BCUT2D eigenvalue weighted by Crippen LogP contribution is 2.32. The second-order valence-electron chi connectivity index (χ2n) is 8.04. The fraction of sp³-hybridized carbons (Fsp3) is 0.783. The van der Waals surface area contributed by atoms with Gasteiger partial charge in [-0.15, -0.1) is 6.58 Å². The molecule has 0 aliphatic heterocycles. The summed E-state index contributed by atoms with van der Waals surface area (Å²) in [7, 11) is 0. The Labute approximate surface area is 181 Å². The highest BCUT2D eigenvalue weighted by Gasteiger charge is 2.53. The summed E-state index contributed by atoms with van der Waals surface area (Å²) in [6.45, 7) is 8.91. The monoisotopic (exact) mass is 427 g/mol. The summed E-state index contributed by atoms with van der Waals surface area (Å²) in [5, 5.41) is 31.8. The number of nitrogens with zero attached hydrogens (tertiary/aromatic N) is 1. The van der Waals surface area contributed by atoms with Gasteiger partial charge in [-0.25, -0.2) is 9.59 Å². The highest BCUT2D eigenvalue weighted by atomic mass is 16.4. The van der Waals surface area contributed by atoms with Crippen LogP contribution in [0.3, 0.4) is 0 Å². The molecule has 0 bridgehead atoms. The van der Waals surface area contributed by atoms with E-state index in [1.165, 1.54) is 0 Å². The molecule has 3 atom stereocenters. The lowest BCUT2D eigenvalue weighted by Gasteiger charge is -2.51. The van der Waals surface area contributed by atoms with Gasteiger partial charge in [0, 0.05) is 19.3 Å². The zero-order valence-corrected chi connectivity index (χ0v) is 19.0. The SMILES string of the molecule is C=CCCCCCCCCC[N+](C(CC)C(=O)[O-])(C(CC)C(=O)O)C(CC)C(=O)O. The lowest BCUT2D eigenvalue weighted by Crippen LogP contribution is -2.73. The quantitative estimate of drug-likeness (QED) is 0.186. The van der Waals surface area contributed by atoms with E-state index in [9.17, 15) is 29.7 Å². The van der Waals surface area contributed by atoms with E-state index in [0.717, 1.165) is 44.9 Å². The number of carbonyl (C=O) groups is 3. The highest BCUT2D eigenvalue weighted by molar-refractivity contribution is 5.77. The van der Waals surface area contributed by atoms with Gasteiger partial charge < -0.3 is 20.1 Å². The molecule has 174 valence electrons. The van der Waals surface area contributed by atoms with E-state index >= 15 is 0 Å². The Morgan fingerprint density at radius 1 is 0.800 bits per heavy atom. The zero-order chi connectivity index (χ0) is 23.2. The summed E-state index contributed by atoms with van der Waals surface area (Å²) < 4.78 is -0.476. The summed E-state index contributed by atoms with van der Waals surface area (Å²) >= 11 is 0. The van der Waals surface area contributed by atoms with Crippen molar-refractivity contribution in [1.29, 1.82) is 0 Å². The number of carbonyl (C=O) groups excluding carboxylic acids is 1. The van der Waals surface area contributed by atoms with Gasteiger partial charge in [0.1, 0.15) is 6.04 Å². The molecule has 0 aromatic carbocycles. The fourth-order valence-corrected chi connectivity index (χ4v) is 4.82. The number of quaternary nitrogens is 1. The van der Waals surface area contributed by atoms with Crippen molar-refractivity contribution in [2.45, 2.75) is 110 Å². The molecule has 2 N–H and O–H groups in total. The standard InChI is InChI=1S/C23H41NO6/c1-5-9-10-11-12-13-14-15-16-17-24(18(6-2)21(25)26,19(7-3)22(27)28)20(8-4)23(29)30/h5,18-20H,1,6-17H2,2-4H3,(H2-,25,26,27,28,29,30). The van der Waals surface area contributed by atoms with E-state index in [1.54, 1.807) is 20.8 Å². The Morgan fingerprint density at radius 2 is 1.20 bits per heavy atom. The molecular weight excluding hydrogens is 386 g/mol. The molecule has 7 heteroatoms. The van der Waals surface area contributed by atoms with Crippen LogP contribution in [0.25, 0.3) is 0 Å². The predicted octanol–water partition coefficient (Wildman–Crippen LogP) is 3.36. The molecule has 0 heterocycles. The zero-order valence-electron chi connectivity index (χ0n) is 19.0. The number of allylic oxidation sites excluding steroid dienone is 1. The number of rotatable bonds is 19. The maximum atomic E-state index is 12.1. The Morgan fingerprint density at radius 3 is 1.53 bits per heavy atom. The molecule has 0 rings (SSSR count). The molecule has 0 saturated carbocycles. The van der Waals surface area contributed by atoms with Gasteiger partial charge in [0.25, 0.3) is 0 Å². The van der Waals surface area contributed by atoms with Crippen molar-refractivity contribution < 1.29 is 34.2 Å². The number of carboxylic acids is 3. The Hall–Kier alpha value is -1.89. The van der Waals surface area contributed by atoms with Gasteiger partial charge in [-0.3, -0.25) is 4.48 Å². The second-order valence-corrected chi connectivity index (χ2v) is 8.04. The molecule has 30 heavy (non-hydrogen) atoms. The van der Waals surface area contributed by atoms with Crippen LogP contribution in [0.15, 0.2) is 12.7 Å². The third-order valence-corrected chi connectivity index (χ3v) is 6.20. The van der Waals surface area contributed by atoms with Crippen molar-refractivity contribution >= 4 is 17.9 Å². The van der Waals surface area contributed by atoms with Crippen molar-refractivity contribution in [3.63, 3.8) is 0 Å².